The van der Waals surface area contributed by atoms with Crippen LogP contribution in [-0.2, 0) is 16.6 Å². The molecule has 2 aromatic rings. The summed E-state index contributed by atoms with van der Waals surface area (Å²) in [5.74, 6) is 0.776. The minimum Gasteiger partial charge on any atom is -0.492 e. The van der Waals surface area contributed by atoms with Gasteiger partial charge in [0.15, 0.2) is 0 Å². The molecular weight excluding hydrogens is 348 g/mol. The van der Waals surface area contributed by atoms with Crippen molar-refractivity contribution in [3.8, 4) is 5.75 Å². The molecule has 0 bridgehead atoms. The average molecular weight is 375 g/mol. The first-order valence-corrected chi connectivity index (χ1v) is 10.6. The van der Waals surface area contributed by atoms with Crippen molar-refractivity contribution < 1.29 is 13.2 Å². The Labute approximate surface area is 156 Å². The van der Waals surface area contributed by atoms with Gasteiger partial charge in [-0.3, -0.25) is 4.90 Å². The molecule has 0 atom stereocenters. The maximum Gasteiger partial charge on any atom is 0.240 e. The zero-order valence-corrected chi connectivity index (χ0v) is 15.7. The lowest BCUT2D eigenvalue weighted by Gasteiger charge is -2.26. The topological polar surface area (TPSA) is 58.6 Å². The van der Waals surface area contributed by atoms with Crippen LogP contribution in [0.1, 0.15) is 24.8 Å². The molecule has 1 N–H and O–H groups in total. The molecule has 2 aromatic carbocycles. The third kappa shape index (κ3) is 5.56. The molecule has 26 heavy (non-hydrogen) atoms. The van der Waals surface area contributed by atoms with E-state index in [-0.39, 0.29) is 11.4 Å². The summed E-state index contributed by atoms with van der Waals surface area (Å²) in [5, 5.41) is 0. The number of nitrogens with zero attached hydrogens (tertiary/aromatic N) is 1. The van der Waals surface area contributed by atoms with Crippen molar-refractivity contribution >= 4 is 10.0 Å². The largest absolute Gasteiger partial charge is 0.492 e. The van der Waals surface area contributed by atoms with Crippen molar-refractivity contribution in [2.24, 2.45) is 0 Å². The zero-order chi connectivity index (χ0) is 18.2. The molecule has 5 nitrogen and oxygen atoms in total. The number of hydrogen-bond donors (Lipinski definition) is 1. The van der Waals surface area contributed by atoms with Gasteiger partial charge in [-0.25, -0.2) is 13.1 Å². The van der Waals surface area contributed by atoms with Crippen LogP contribution in [0.2, 0.25) is 0 Å². The maximum absolute atomic E-state index is 12.3. The number of benzene rings is 2. The van der Waals surface area contributed by atoms with Gasteiger partial charge in [-0.1, -0.05) is 36.8 Å². The molecule has 6 heteroatoms. The molecule has 0 spiro atoms. The Morgan fingerprint density at radius 3 is 2.50 bits per heavy atom. The second-order valence-electron chi connectivity index (χ2n) is 6.54. The summed E-state index contributed by atoms with van der Waals surface area (Å²) < 4.78 is 33.1. The van der Waals surface area contributed by atoms with Crippen molar-refractivity contribution in [2.75, 3.05) is 26.2 Å². The van der Waals surface area contributed by atoms with Crippen LogP contribution in [-0.4, -0.2) is 39.6 Å². The van der Waals surface area contributed by atoms with Gasteiger partial charge in [0.05, 0.1) is 4.90 Å². The second-order valence-corrected chi connectivity index (χ2v) is 8.30. The predicted molar refractivity (Wildman–Crippen MR) is 103 cm³/mol. The van der Waals surface area contributed by atoms with Gasteiger partial charge in [0.1, 0.15) is 12.4 Å². The summed E-state index contributed by atoms with van der Waals surface area (Å²) >= 11 is 0. The first kappa shape index (κ1) is 18.9. The Hall–Kier alpha value is -1.89. The second kappa shape index (κ2) is 9.16. The highest BCUT2D eigenvalue weighted by Gasteiger charge is 2.13. The van der Waals surface area contributed by atoms with Gasteiger partial charge in [-0.2, -0.15) is 0 Å². The monoisotopic (exact) mass is 374 g/mol. The normalized spacial score (nSPS) is 15.7. The number of likely N-dealkylation sites (tertiary alicyclic amines) is 1. The van der Waals surface area contributed by atoms with Crippen LogP contribution in [0.5, 0.6) is 5.75 Å². The first-order chi connectivity index (χ1) is 12.6. The van der Waals surface area contributed by atoms with E-state index in [4.69, 9.17) is 4.74 Å². The van der Waals surface area contributed by atoms with Gasteiger partial charge < -0.3 is 4.74 Å². The van der Waals surface area contributed by atoms with E-state index in [0.29, 0.717) is 6.61 Å². The molecule has 1 saturated heterocycles. The highest BCUT2D eigenvalue weighted by Crippen LogP contribution is 2.15. The van der Waals surface area contributed by atoms with Crippen LogP contribution < -0.4 is 9.46 Å². The third-order valence-electron chi connectivity index (χ3n) is 4.54. The molecule has 0 unspecified atom stereocenters. The number of piperidine rings is 1. The Bertz CT molecular complexity index is 788. The number of nitrogens with one attached hydrogen (secondary N) is 1. The third-order valence-corrected chi connectivity index (χ3v) is 5.96. The summed E-state index contributed by atoms with van der Waals surface area (Å²) in [6.07, 6.45) is 3.88. The van der Waals surface area contributed by atoms with Crippen molar-refractivity contribution in [1.29, 1.82) is 0 Å². The van der Waals surface area contributed by atoms with Crippen LogP contribution in [0.15, 0.2) is 59.5 Å². The molecule has 1 heterocycles. The lowest BCUT2D eigenvalue weighted by molar-refractivity contribution is 0.183. The Morgan fingerprint density at radius 1 is 0.962 bits per heavy atom. The van der Waals surface area contributed by atoms with Crippen LogP contribution >= 0.6 is 0 Å². The summed E-state index contributed by atoms with van der Waals surface area (Å²) in [6, 6.07) is 16.0. The molecule has 3 rings (SSSR count). The lowest BCUT2D eigenvalue weighted by Crippen LogP contribution is -2.33. The summed E-state index contributed by atoms with van der Waals surface area (Å²) in [6.45, 7) is 4.14. The maximum atomic E-state index is 12.3. The first-order valence-electron chi connectivity index (χ1n) is 9.12. The van der Waals surface area contributed by atoms with Crippen molar-refractivity contribution in [3.63, 3.8) is 0 Å². The molecule has 0 saturated carbocycles. The van der Waals surface area contributed by atoms with Gasteiger partial charge in [0.2, 0.25) is 10.0 Å². The van der Waals surface area contributed by atoms with Crippen molar-refractivity contribution in [2.45, 2.75) is 30.7 Å². The van der Waals surface area contributed by atoms with E-state index < -0.39 is 10.0 Å². The van der Waals surface area contributed by atoms with Crippen LogP contribution in [0, 0.1) is 0 Å². The zero-order valence-electron chi connectivity index (χ0n) is 14.9. The van der Waals surface area contributed by atoms with Crippen molar-refractivity contribution in [3.05, 3.63) is 60.2 Å². The van der Waals surface area contributed by atoms with Crippen molar-refractivity contribution in [1.82, 2.24) is 9.62 Å². The molecular formula is C20H26N2O3S. The SMILES string of the molecule is O=S(=O)(NCc1cccc(OCCN2CCCCC2)c1)c1ccccc1. The summed E-state index contributed by atoms with van der Waals surface area (Å²) in [4.78, 5) is 2.70. The minimum atomic E-state index is -3.50. The summed E-state index contributed by atoms with van der Waals surface area (Å²) in [7, 11) is -3.50. The quantitative estimate of drug-likeness (QED) is 0.772. The molecule has 0 radical (unpaired) electrons. The van der Waals surface area contributed by atoms with Gasteiger partial charge in [0.25, 0.3) is 0 Å². The lowest BCUT2D eigenvalue weighted by atomic mass is 10.1. The summed E-state index contributed by atoms with van der Waals surface area (Å²) in [5.41, 5.74) is 0.875. The van der Waals surface area contributed by atoms with E-state index >= 15 is 0 Å². The van der Waals surface area contributed by atoms with Crippen LogP contribution in [0.4, 0.5) is 0 Å². The standard InChI is InChI=1S/C20H26N2O3S/c23-26(24,20-10-3-1-4-11-20)21-17-18-8-7-9-19(16-18)25-15-14-22-12-5-2-6-13-22/h1,3-4,7-11,16,21H,2,5-6,12-15,17H2. The van der Waals surface area contributed by atoms with Crippen LogP contribution in [0.3, 0.4) is 0 Å². The molecule has 1 aliphatic rings. The Morgan fingerprint density at radius 2 is 1.73 bits per heavy atom. The van der Waals surface area contributed by atoms with Gasteiger partial charge in [-0.05, 0) is 55.8 Å². The predicted octanol–water partition coefficient (Wildman–Crippen LogP) is 3.03. The highest BCUT2D eigenvalue weighted by atomic mass is 32.2. The molecule has 140 valence electrons. The van der Waals surface area contributed by atoms with E-state index in [1.165, 1.54) is 19.3 Å². The van der Waals surface area contributed by atoms with Gasteiger partial charge in [0, 0.05) is 13.1 Å². The fourth-order valence-corrected chi connectivity index (χ4v) is 4.12. The van der Waals surface area contributed by atoms with Gasteiger partial charge in [-0.15, -0.1) is 0 Å². The molecule has 0 aliphatic carbocycles. The number of hydrogen-bond acceptors (Lipinski definition) is 4. The molecule has 0 amide bonds. The molecule has 1 fully saturated rings. The van der Waals surface area contributed by atoms with Crippen LogP contribution in [0.25, 0.3) is 0 Å². The number of ether oxygens (including phenoxy) is 1. The molecule has 1 aliphatic heterocycles. The smallest absolute Gasteiger partial charge is 0.240 e. The number of rotatable bonds is 8. The fourth-order valence-electron chi connectivity index (χ4n) is 3.08. The van der Waals surface area contributed by atoms with Gasteiger partial charge >= 0.3 is 0 Å². The van der Waals surface area contributed by atoms with E-state index in [9.17, 15) is 8.42 Å². The Kier molecular flexibility index (Phi) is 6.66. The minimum absolute atomic E-state index is 0.237. The van der Waals surface area contributed by atoms with E-state index in [2.05, 4.69) is 9.62 Å². The van der Waals surface area contributed by atoms with E-state index in [0.717, 1.165) is 30.9 Å². The number of sulfonamides is 1. The van der Waals surface area contributed by atoms with E-state index in [1.807, 2.05) is 24.3 Å². The Balaban J connectivity index is 1.50. The fraction of sp³-hybridized carbons (Fsp3) is 0.400. The highest BCUT2D eigenvalue weighted by molar-refractivity contribution is 7.89. The molecule has 0 aromatic heterocycles. The average Bonchev–Trinajstić information content (AvgIpc) is 2.68. The van der Waals surface area contributed by atoms with E-state index in [1.54, 1.807) is 30.3 Å².